The van der Waals surface area contributed by atoms with Crippen LogP contribution >= 0.6 is 0 Å². The lowest BCUT2D eigenvalue weighted by atomic mass is 10.1. The van der Waals surface area contributed by atoms with Crippen LogP contribution in [0.4, 0.5) is 0 Å². The Balaban J connectivity index is 1.33. The molecule has 2 N–H and O–H groups in total. The van der Waals surface area contributed by atoms with Crippen molar-refractivity contribution in [2.45, 2.75) is 25.4 Å². The van der Waals surface area contributed by atoms with Gasteiger partial charge in [-0.25, -0.2) is 0 Å². The number of carbonyl (C=O) groups is 1. The number of carbonyl (C=O) groups excluding carboxylic acids is 1. The second-order valence-corrected chi connectivity index (χ2v) is 6.57. The molecule has 0 aliphatic carbocycles. The number of piperidine rings is 1. The second-order valence-electron chi connectivity index (χ2n) is 6.57. The van der Waals surface area contributed by atoms with Gasteiger partial charge < -0.3 is 20.1 Å². The molecule has 1 fully saturated rings. The molecule has 25 heavy (non-hydrogen) atoms. The van der Waals surface area contributed by atoms with E-state index in [1.165, 1.54) is 0 Å². The molecule has 0 radical (unpaired) electrons. The molecule has 134 valence electrons. The number of hydrogen-bond acceptors (Lipinski definition) is 4. The van der Waals surface area contributed by atoms with Gasteiger partial charge in [0.25, 0.3) is 5.91 Å². The van der Waals surface area contributed by atoms with Gasteiger partial charge in [-0.05, 0) is 48.7 Å². The van der Waals surface area contributed by atoms with Crippen molar-refractivity contribution in [3.05, 3.63) is 42.5 Å². The zero-order chi connectivity index (χ0) is 17.5. The fraction of sp³-hybridized carbons (Fsp3) is 0.450. The Labute approximate surface area is 148 Å². The van der Waals surface area contributed by atoms with E-state index in [-0.39, 0.29) is 18.6 Å². The molecule has 2 aromatic carbocycles. The molecule has 1 heterocycles. The second kappa shape index (κ2) is 8.83. The summed E-state index contributed by atoms with van der Waals surface area (Å²) in [6.45, 7) is 3.53. The van der Waals surface area contributed by atoms with Crippen molar-refractivity contribution in [2.75, 3.05) is 32.8 Å². The molecule has 3 rings (SSSR count). The number of nitrogens with zero attached hydrogens (tertiary/aromatic N) is 1. The van der Waals surface area contributed by atoms with Crippen LogP contribution in [0.15, 0.2) is 42.5 Å². The Morgan fingerprint density at radius 2 is 1.92 bits per heavy atom. The van der Waals surface area contributed by atoms with E-state index in [4.69, 9.17) is 4.74 Å². The van der Waals surface area contributed by atoms with Crippen LogP contribution in [0.1, 0.15) is 19.3 Å². The number of nitrogens with one attached hydrogen (secondary N) is 1. The normalized spacial score (nSPS) is 16.0. The smallest absolute Gasteiger partial charge is 0.257 e. The number of hydrogen-bond donors (Lipinski definition) is 2. The summed E-state index contributed by atoms with van der Waals surface area (Å²) in [6, 6.07) is 13.9. The summed E-state index contributed by atoms with van der Waals surface area (Å²) in [5.74, 6) is 0.614. The Morgan fingerprint density at radius 1 is 1.16 bits per heavy atom. The van der Waals surface area contributed by atoms with Gasteiger partial charge in [0.15, 0.2) is 6.61 Å². The number of ether oxygens (including phenoxy) is 1. The molecule has 0 aromatic heterocycles. The highest BCUT2D eigenvalue weighted by Gasteiger charge is 2.16. The van der Waals surface area contributed by atoms with Crippen molar-refractivity contribution in [2.24, 2.45) is 0 Å². The lowest BCUT2D eigenvalue weighted by Crippen LogP contribution is -2.38. The van der Waals surface area contributed by atoms with Gasteiger partial charge in [0, 0.05) is 19.6 Å². The predicted molar refractivity (Wildman–Crippen MR) is 98.8 cm³/mol. The van der Waals surface area contributed by atoms with E-state index in [9.17, 15) is 9.90 Å². The standard InChI is InChI=1S/C20H26N2O3/c23-18-8-12-22(13-9-18)11-3-10-21-20(24)15-25-19-7-6-16-4-1-2-5-17(16)14-19/h1-2,4-7,14,18,23H,3,8-13,15H2,(H,21,24). The largest absolute Gasteiger partial charge is 0.484 e. The minimum absolute atomic E-state index is 0.0360. The first-order chi connectivity index (χ1) is 12.2. The van der Waals surface area contributed by atoms with Crippen molar-refractivity contribution in [1.29, 1.82) is 0 Å². The molecule has 2 aromatic rings. The SMILES string of the molecule is O=C(COc1ccc2ccccc2c1)NCCCN1CCC(O)CC1. The first kappa shape index (κ1) is 17.7. The molecule has 1 aliphatic heterocycles. The zero-order valence-electron chi connectivity index (χ0n) is 14.5. The first-order valence-electron chi connectivity index (χ1n) is 8.99. The van der Waals surface area contributed by atoms with Crippen LogP contribution in [0.5, 0.6) is 5.75 Å². The summed E-state index contributed by atoms with van der Waals surface area (Å²) < 4.78 is 5.58. The molecule has 0 spiro atoms. The van der Waals surface area contributed by atoms with E-state index >= 15 is 0 Å². The Hall–Kier alpha value is -2.11. The van der Waals surface area contributed by atoms with Gasteiger partial charge in [-0.1, -0.05) is 30.3 Å². The Kier molecular flexibility index (Phi) is 6.25. The number of benzene rings is 2. The lowest BCUT2D eigenvalue weighted by Gasteiger charge is -2.29. The summed E-state index contributed by atoms with van der Waals surface area (Å²) in [6.07, 6.45) is 2.48. The predicted octanol–water partition coefficient (Wildman–Crippen LogP) is 2.18. The van der Waals surface area contributed by atoms with Crippen LogP contribution in [0, 0.1) is 0 Å². The minimum atomic E-state index is -0.136. The van der Waals surface area contributed by atoms with Crippen LogP contribution in [-0.2, 0) is 4.79 Å². The van der Waals surface area contributed by atoms with Crippen molar-refractivity contribution in [3.63, 3.8) is 0 Å². The van der Waals surface area contributed by atoms with E-state index < -0.39 is 0 Å². The number of likely N-dealkylation sites (tertiary alicyclic amines) is 1. The molecule has 0 saturated carbocycles. The summed E-state index contributed by atoms with van der Waals surface area (Å²) >= 11 is 0. The van der Waals surface area contributed by atoms with Gasteiger partial charge >= 0.3 is 0 Å². The highest BCUT2D eigenvalue weighted by atomic mass is 16.5. The average Bonchev–Trinajstić information content (AvgIpc) is 2.65. The van der Waals surface area contributed by atoms with E-state index in [1.807, 2.05) is 36.4 Å². The molecular weight excluding hydrogens is 316 g/mol. The average molecular weight is 342 g/mol. The molecule has 0 atom stereocenters. The Morgan fingerprint density at radius 3 is 2.72 bits per heavy atom. The maximum atomic E-state index is 11.9. The topological polar surface area (TPSA) is 61.8 Å². The lowest BCUT2D eigenvalue weighted by molar-refractivity contribution is -0.123. The monoisotopic (exact) mass is 342 g/mol. The molecule has 1 saturated heterocycles. The van der Waals surface area contributed by atoms with Gasteiger partial charge in [0.1, 0.15) is 5.75 Å². The highest BCUT2D eigenvalue weighted by molar-refractivity contribution is 5.84. The molecule has 5 heteroatoms. The van der Waals surface area contributed by atoms with Gasteiger partial charge in [0.05, 0.1) is 6.10 Å². The van der Waals surface area contributed by atoms with Gasteiger partial charge in [-0.3, -0.25) is 4.79 Å². The molecule has 0 bridgehead atoms. The summed E-state index contributed by atoms with van der Waals surface area (Å²) in [5.41, 5.74) is 0. The molecular formula is C20H26N2O3. The molecule has 5 nitrogen and oxygen atoms in total. The van der Waals surface area contributed by atoms with E-state index in [0.29, 0.717) is 12.3 Å². The fourth-order valence-electron chi connectivity index (χ4n) is 3.13. The number of fused-ring (bicyclic) bond motifs is 1. The van der Waals surface area contributed by atoms with Crippen molar-refractivity contribution in [3.8, 4) is 5.75 Å². The summed E-state index contributed by atoms with van der Waals surface area (Å²) in [5, 5.41) is 14.6. The third kappa shape index (κ3) is 5.44. The van der Waals surface area contributed by atoms with E-state index in [1.54, 1.807) is 0 Å². The summed E-state index contributed by atoms with van der Waals surface area (Å²) in [7, 11) is 0. The van der Waals surface area contributed by atoms with E-state index in [2.05, 4.69) is 16.3 Å². The highest BCUT2D eigenvalue weighted by Crippen LogP contribution is 2.20. The molecule has 0 unspecified atom stereocenters. The van der Waals surface area contributed by atoms with Crippen LogP contribution < -0.4 is 10.1 Å². The van der Waals surface area contributed by atoms with Crippen molar-refractivity contribution >= 4 is 16.7 Å². The maximum absolute atomic E-state index is 11.9. The fourth-order valence-corrected chi connectivity index (χ4v) is 3.13. The van der Waals surface area contributed by atoms with E-state index in [0.717, 1.165) is 49.7 Å². The third-order valence-electron chi connectivity index (χ3n) is 4.62. The summed E-state index contributed by atoms with van der Waals surface area (Å²) in [4.78, 5) is 14.2. The minimum Gasteiger partial charge on any atom is -0.484 e. The number of rotatable bonds is 7. The van der Waals surface area contributed by atoms with Gasteiger partial charge in [0.2, 0.25) is 0 Å². The van der Waals surface area contributed by atoms with Crippen LogP contribution in [0.3, 0.4) is 0 Å². The van der Waals surface area contributed by atoms with Crippen molar-refractivity contribution in [1.82, 2.24) is 10.2 Å². The van der Waals surface area contributed by atoms with Crippen LogP contribution in [0.2, 0.25) is 0 Å². The van der Waals surface area contributed by atoms with Crippen LogP contribution in [-0.4, -0.2) is 54.8 Å². The third-order valence-corrected chi connectivity index (χ3v) is 4.62. The van der Waals surface area contributed by atoms with Crippen molar-refractivity contribution < 1.29 is 14.6 Å². The van der Waals surface area contributed by atoms with Gasteiger partial charge in [-0.15, -0.1) is 0 Å². The van der Waals surface area contributed by atoms with Crippen LogP contribution in [0.25, 0.3) is 10.8 Å². The number of amides is 1. The quantitative estimate of drug-likeness (QED) is 0.757. The Bertz CT molecular complexity index is 696. The zero-order valence-corrected chi connectivity index (χ0v) is 14.5. The maximum Gasteiger partial charge on any atom is 0.257 e. The molecule has 1 aliphatic rings. The number of aliphatic hydroxyl groups is 1. The number of aliphatic hydroxyl groups excluding tert-OH is 1. The first-order valence-corrected chi connectivity index (χ1v) is 8.99. The van der Waals surface area contributed by atoms with Gasteiger partial charge in [-0.2, -0.15) is 0 Å². The molecule has 1 amide bonds.